The average molecular weight is 257 g/mol. The summed E-state index contributed by atoms with van der Waals surface area (Å²) in [6.45, 7) is 2.99. The third-order valence-corrected chi connectivity index (χ3v) is 4.14. The first-order valence-electron chi connectivity index (χ1n) is 6.06. The Hall–Kier alpha value is -1.58. The molecular weight excluding hydrogens is 242 g/mol. The van der Waals surface area contributed by atoms with Crippen molar-refractivity contribution in [2.24, 2.45) is 0 Å². The Bertz CT molecular complexity index is 627. The van der Waals surface area contributed by atoms with E-state index < -0.39 is 0 Å². The number of thiophene rings is 1. The number of rotatable bonds is 4. The molecule has 92 valence electrons. The van der Waals surface area contributed by atoms with Gasteiger partial charge >= 0.3 is 0 Å². The van der Waals surface area contributed by atoms with E-state index in [1.807, 2.05) is 12.1 Å². The Kier molecular flexibility index (Phi) is 3.17. The van der Waals surface area contributed by atoms with Crippen molar-refractivity contribution in [2.75, 3.05) is 0 Å². The highest BCUT2D eigenvalue weighted by Gasteiger charge is 2.09. The van der Waals surface area contributed by atoms with Gasteiger partial charge in [0.05, 0.1) is 12.3 Å². The Labute approximate surface area is 110 Å². The van der Waals surface area contributed by atoms with Crippen LogP contribution in [0.5, 0.6) is 0 Å². The van der Waals surface area contributed by atoms with Crippen molar-refractivity contribution in [1.82, 2.24) is 5.32 Å². The normalized spacial score (nSPS) is 12.9. The van der Waals surface area contributed by atoms with E-state index in [1.165, 1.54) is 15.6 Å². The van der Waals surface area contributed by atoms with Crippen LogP contribution in [0.2, 0.25) is 0 Å². The zero-order valence-corrected chi connectivity index (χ0v) is 11.0. The van der Waals surface area contributed by atoms with Crippen LogP contribution in [-0.2, 0) is 6.54 Å². The predicted octanol–water partition coefficient (Wildman–Crippen LogP) is 4.35. The summed E-state index contributed by atoms with van der Waals surface area (Å²) in [4.78, 5) is 0. The van der Waals surface area contributed by atoms with Crippen molar-refractivity contribution in [1.29, 1.82) is 0 Å². The number of hydrogen-bond acceptors (Lipinski definition) is 3. The Morgan fingerprint density at radius 3 is 2.94 bits per heavy atom. The number of nitrogens with one attached hydrogen (secondary N) is 1. The van der Waals surface area contributed by atoms with Crippen molar-refractivity contribution in [3.05, 3.63) is 59.4 Å². The highest BCUT2D eigenvalue weighted by molar-refractivity contribution is 7.17. The van der Waals surface area contributed by atoms with E-state index in [0.717, 1.165) is 12.3 Å². The highest BCUT2D eigenvalue weighted by Crippen LogP contribution is 2.26. The Morgan fingerprint density at radius 2 is 2.11 bits per heavy atom. The minimum atomic E-state index is 0.235. The number of furan rings is 1. The molecule has 0 bridgehead atoms. The summed E-state index contributed by atoms with van der Waals surface area (Å²) in [6.07, 6.45) is 1.72. The molecule has 1 aromatic carbocycles. The van der Waals surface area contributed by atoms with E-state index in [2.05, 4.69) is 41.9 Å². The van der Waals surface area contributed by atoms with Gasteiger partial charge in [-0.05, 0) is 41.5 Å². The molecule has 18 heavy (non-hydrogen) atoms. The van der Waals surface area contributed by atoms with Crippen LogP contribution < -0.4 is 5.32 Å². The molecule has 2 aromatic heterocycles. The second kappa shape index (κ2) is 4.96. The first-order valence-corrected chi connectivity index (χ1v) is 6.94. The quantitative estimate of drug-likeness (QED) is 0.752. The number of fused-ring (bicyclic) bond motifs is 1. The molecule has 0 spiro atoms. The predicted molar refractivity (Wildman–Crippen MR) is 75.8 cm³/mol. The van der Waals surface area contributed by atoms with Crippen LogP contribution in [0.3, 0.4) is 0 Å². The number of hydrogen-bond donors (Lipinski definition) is 1. The summed E-state index contributed by atoms with van der Waals surface area (Å²) in [5.74, 6) is 0.981. The van der Waals surface area contributed by atoms with E-state index in [4.69, 9.17) is 4.42 Å². The zero-order valence-electron chi connectivity index (χ0n) is 10.2. The molecule has 0 aliphatic rings. The molecule has 1 N–H and O–H groups in total. The van der Waals surface area contributed by atoms with E-state index in [0.29, 0.717) is 0 Å². The van der Waals surface area contributed by atoms with Gasteiger partial charge in [0.1, 0.15) is 5.76 Å². The average Bonchev–Trinajstić information content (AvgIpc) is 3.06. The summed E-state index contributed by atoms with van der Waals surface area (Å²) in [7, 11) is 0. The molecule has 2 heterocycles. The molecular formula is C15H15NOS. The molecule has 0 unspecified atom stereocenters. The summed E-state index contributed by atoms with van der Waals surface area (Å²) >= 11 is 1.80. The van der Waals surface area contributed by atoms with Crippen LogP contribution in [0.15, 0.2) is 52.5 Å². The second-order valence-corrected chi connectivity index (χ2v) is 5.29. The maximum absolute atomic E-state index is 5.39. The van der Waals surface area contributed by atoms with Crippen molar-refractivity contribution in [3.63, 3.8) is 0 Å². The fraction of sp³-hybridized carbons (Fsp3) is 0.200. The lowest BCUT2D eigenvalue weighted by molar-refractivity contribution is 0.431. The first kappa shape index (κ1) is 11.5. The van der Waals surface area contributed by atoms with Crippen LogP contribution in [-0.4, -0.2) is 0 Å². The molecule has 0 aliphatic carbocycles. The fourth-order valence-electron chi connectivity index (χ4n) is 2.07. The van der Waals surface area contributed by atoms with E-state index >= 15 is 0 Å². The third kappa shape index (κ3) is 2.19. The molecule has 0 radical (unpaired) electrons. The molecule has 0 aliphatic heterocycles. The molecule has 0 fully saturated rings. The van der Waals surface area contributed by atoms with Gasteiger partial charge in [-0.15, -0.1) is 11.3 Å². The van der Waals surface area contributed by atoms with Crippen LogP contribution in [0, 0.1) is 0 Å². The molecule has 3 heteroatoms. The van der Waals surface area contributed by atoms with Gasteiger partial charge in [-0.3, -0.25) is 0 Å². The summed E-state index contributed by atoms with van der Waals surface area (Å²) in [6, 6.07) is 12.7. The van der Waals surface area contributed by atoms with Crippen LogP contribution in [0.4, 0.5) is 0 Å². The molecule has 1 atom stereocenters. The van der Waals surface area contributed by atoms with Crippen molar-refractivity contribution in [2.45, 2.75) is 19.5 Å². The van der Waals surface area contributed by atoms with E-state index in [-0.39, 0.29) is 6.04 Å². The highest BCUT2D eigenvalue weighted by atomic mass is 32.1. The largest absolute Gasteiger partial charge is 0.468 e. The van der Waals surface area contributed by atoms with Gasteiger partial charge in [0.25, 0.3) is 0 Å². The fourth-order valence-corrected chi connectivity index (χ4v) is 3.03. The number of benzene rings is 1. The van der Waals surface area contributed by atoms with Gasteiger partial charge in [0, 0.05) is 11.2 Å². The standard InChI is InChI=1S/C15H15NOS/c1-11(14-6-4-8-17-14)16-9-12-10-18-15-7-3-2-5-13(12)15/h2-8,10-11,16H,9H2,1H3/t11-/m0/s1. The van der Waals surface area contributed by atoms with Gasteiger partial charge in [-0.2, -0.15) is 0 Å². The van der Waals surface area contributed by atoms with Crippen LogP contribution in [0.25, 0.3) is 10.1 Å². The lowest BCUT2D eigenvalue weighted by atomic mass is 10.1. The molecule has 3 aromatic rings. The maximum atomic E-state index is 5.39. The first-order chi connectivity index (χ1) is 8.84. The molecule has 2 nitrogen and oxygen atoms in total. The van der Waals surface area contributed by atoms with E-state index in [9.17, 15) is 0 Å². The van der Waals surface area contributed by atoms with Gasteiger partial charge in [-0.1, -0.05) is 18.2 Å². The van der Waals surface area contributed by atoms with E-state index in [1.54, 1.807) is 17.6 Å². The Balaban J connectivity index is 1.73. The molecule has 3 rings (SSSR count). The summed E-state index contributed by atoms with van der Waals surface area (Å²) < 4.78 is 6.74. The lowest BCUT2D eigenvalue weighted by Gasteiger charge is -2.10. The van der Waals surface area contributed by atoms with Gasteiger partial charge in [0.2, 0.25) is 0 Å². The van der Waals surface area contributed by atoms with Gasteiger partial charge in [-0.25, -0.2) is 0 Å². The van der Waals surface area contributed by atoms with Gasteiger partial charge in [0.15, 0.2) is 0 Å². The molecule has 0 saturated carbocycles. The summed E-state index contributed by atoms with van der Waals surface area (Å²) in [5, 5.41) is 7.07. The Morgan fingerprint density at radius 1 is 1.22 bits per heavy atom. The monoisotopic (exact) mass is 257 g/mol. The van der Waals surface area contributed by atoms with Crippen LogP contribution >= 0.6 is 11.3 Å². The molecule has 0 amide bonds. The zero-order chi connectivity index (χ0) is 12.4. The molecule has 0 saturated heterocycles. The van der Waals surface area contributed by atoms with Gasteiger partial charge < -0.3 is 9.73 Å². The minimum Gasteiger partial charge on any atom is -0.468 e. The van der Waals surface area contributed by atoms with Crippen molar-refractivity contribution in [3.8, 4) is 0 Å². The maximum Gasteiger partial charge on any atom is 0.120 e. The minimum absolute atomic E-state index is 0.235. The third-order valence-electron chi connectivity index (χ3n) is 3.13. The SMILES string of the molecule is C[C@H](NCc1csc2ccccc12)c1ccco1. The lowest BCUT2D eigenvalue weighted by Crippen LogP contribution is -2.17. The topological polar surface area (TPSA) is 25.2 Å². The second-order valence-electron chi connectivity index (χ2n) is 4.38. The van der Waals surface area contributed by atoms with Crippen molar-refractivity contribution < 1.29 is 4.42 Å². The van der Waals surface area contributed by atoms with Crippen molar-refractivity contribution >= 4 is 21.4 Å². The summed E-state index contributed by atoms with van der Waals surface area (Å²) in [5.41, 5.74) is 1.36. The van der Waals surface area contributed by atoms with Crippen LogP contribution in [0.1, 0.15) is 24.3 Å². The smallest absolute Gasteiger partial charge is 0.120 e.